The molecule has 0 amide bonds. The van der Waals surface area contributed by atoms with Gasteiger partial charge in [-0.1, -0.05) is 24.3 Å². The smallest absolute Gasteiger partial charge is 0.416 e. The molecule has 0 radical (unpaired) electrons. The van der Waals surface area contributed by atoms with Crippen LogP contribution in [0, 0.1) is 0 Å². The Morgan fingerprint density at radius 2 is 1.82 bits per heavy atom. The number of halogens is 3. The van der Waals surface area contributed by atoms with E-state index in [9.17, 15) is 18.0 Å². The Labute approximate surface area is 218 Å². The SMILES string of the molecule is CC(=O)Cc1nccn1CCCCc1ccc(OCc2coc(/C=C/c3ccc(C(F)(F)F)cc3)n2)cc1. The number of unbranched alkanes of at least 4 members (excludes halogenated alkanes) is 1. The number of ether oxygens (including phenoxy) is 1. The highest BCUT2D eigenvalue weighted by Crippen LogP contribution is 2.29. The van der Waals surface area contributed by atoms with E-state index >= 15 is 0 Å². The maximum absolute atomic E-state index is 12.7. The first-order valence-corrected chi connectivity index (χ1v) is 12.3. The third-order valence-corrected chi connectivity index (χ3v) is 5.86. The van der Waals surface area contributed by atoms with Gasteiger partial charge in [-0.2, -0.15) is 13.2 Å². The van der Waals surface area contributed by atoms with E-state index in [0.29, 0.717) is 29.3 Å². The van der Waals surface area contributed by atoms with Crippen LogP contribution >= 0.6 is 0 Å². The van der Waals surface area contributed by atoms with Crippen LogP contribution in [0.3, 0.4) is 0 Å². The van der Waals surface area contributed by atoms with Gasteiger partial charge in [0, 0.05) is 25.0 Å². The van der Waals surface area contributed by atoms with Gasteiger partial charge in [0.2, 0.25) is 5.89 Å². The van der Waals surface area contributed by atoms with Crippen molar-refractivity contribution in [1.82, 2.24) is 14.5 Å². The van der Waals surface area contributed by atoms with E-state index in [1.165, 1.54) is 24.0 Å². The molecule has 0 unspecified atom stereocenters. The first-order chi connectivity index (χ1) is 18.3. The van der Waals surface area contributed by atoms with Gasteiger partial charge in [-0.05, 0) is 67.7 Å². The summed E-state index contributed by atoms with van der Waals surface area (Å²) in [6, 6.07) is 12.8. The van der Waals surface area contributed by atoms with E-state index in [0.717, 1.165) is 43.8 Å². The molecule has 0 bridgehead atoms. The number of imidazole rings is 1. The van der Waals surface area contributed by atoms with Gasteiger partial charge in [0.05, 0.1) is 12.0 Å². The topological polar surface area (TPSA) is 70.2 Å². The minimum atomic E-state index is -4.36. The number of carbonyl (C=O) groups is 1. The summed E-state index contributed by atoms with van der Waals surface area (Å²) in [7, 11) is 0. The molecule has 0 saturated carbocycles. The van der Waals surface area contributed by atoms with Crippen molar-refractivity contribution in [3.8, 4) is 5.75 Å². The van der Waals surface area contributed by atoms with Crippen LogP contribution in [-0.2, 0) is 37.0 Å². The zero-order chi connectivity index (χ0) is 27.0. The summed E-state index contributed by atoms with van der Waals surface area (Å²) in [4.78, 5) is 19.9. The summed E-state index contributed by atoms with van der Waals surface area (Å²) < 4.78 is 51.2. The second-order valence-corrected chi connectivity index (χ2v) is 8.94. The maximum atomic E-state index is 12.7. The molecule has 0 aliphatic heterocycles. The highest BCUT2D eigenvalue weighted by molar-refractivity contribution is 5.77. The van der Waals surface area contributed by atoms with Crippen LogP contribution in [0.1, 0.15) is 53.9 Å². The highest BCUT2D eigenvalue weighted by Gasteiger charge is 2.29. The fraction of sp³-hybridized carbons (Fsp3) is 0.276. The quantitative estimate of drug-likeness (QED) is 0.191. The molecule has 0 saturated heterocycles. The lowest BCUT2D eigenvalue weighted by Crippen LogP contribution is -2.07. The predicted octanol–water partition coefficient (Wildman–Crippen LogP) is 6.79. The third-order valence-electron chi connectivity index (χ3n) is 5.86. The second kappa shape index (κ2) is 12.4. The first kappa shape index (κ1) is 26.9. The van der Waals surface area contributed by atoms with Gasteiger partial charge >= 0.3 is 6.18 Å². The van der Waals surface area contributed by atoms with Crippen molar-refractivity contribution < 1.29 is 27.1 Å². The van der Waals surface area contributed by atoms with Gasteiger partial charge in [0.25, 0.3) is 0 Å². The lowest BCUT2D eigenvalue weighted by atomic mass is 10.1. The number of alkyl halides is 3. The average molecular weight is 524 g/mol. The molecule has 2 heterocycles. The molecular formula is C29H28F3N3O3. The number of nitrogens with zero attached hydrogens (tertiary/aromatic N) is 3. The van der Waals surface area contributed by atoms with Gasteiger partial charge in [-0.15, -0.1) is 0 Å². The molecule has 0 spiro atoms. The largest absolute Gasteiger partial charge is 0.487 e. The Kier molecular flexibility index (Phi) is 8.78. The molecule has 4 aromatic rings. The molecule has 0 atom stereocenters. The van der Waals surface area contributed by atoms with Gasteiger partial charge in [-0.25, -0.2) is 9.97 Å². The van der Waals surface area contributed by atoms with Crippen molar-refractivity contribution in [3.63, 3.8) is 0 Å². The van der Waals surface area contributed by atoms with Crippen LogP contribution in [-0.4, -0.2) is 20.3 Å². The summed E-state index contributed by atoms with van der Waals surface area (Å²) in [6.45, 7) is 2.64. The molecule has 2 aromatic carbocycles. The van der Waals surface area contributed by atoms with Crippen molar-refractivity contribution in [2.75, 3.05) is 0 Å². The fourth-order valence-corrected chi connectivity index (χ4v) is 3.87. The number of benzene rings is 2. The fourth-order valence-electron chi connectivity index (χ4n) is 3.87. The van der Waals surface area contributed by atoms with Crippen molar-refractivity contribution in [3.05, 3.63) is 101 Å². The Morgan fingerprint density at radius 3 is 2.53 bits per heavy atom. The van der Waals surface area contributed by atoms with Gasteiger partial charge in [0.15, 0.2) is 0 Å². The number of carbonyl (C=O) groups excluding carboxylic acids is 1. The summed E-state index contributed by atoms with van der Waals surface area (Å²) >= 11 is 0. The van der Waals surface area contributed by atoms with Crippen LogP contribution in [0.2, 0.25) is 0 Å². The minimum absolute atomic E-state index is 0.109. The third kappa shape index (κ3) is 7.93. The molecule has 38 heavy (non-hydrogen) atoms. The van der Waals surface area contributed by atoms with Crippen molar-refractivity contribution in [1.29, 1.82) is 0 Å². The number of hydrogen-bond acceptors (Lipinski definition) is 5. The monoisotopic (exact) mass is 523 g/mol. The standard InChI is InChI=1S/C29H28F3N3O3/c1-21(36)18-27-33-15-17-35(27)16-3-2-4-22-7-12-26(13-8-22)37-19-25-20-38-28(34-25)14-9-23-5-10-24(11-6-23)29(30,31)32/h5-15,17,20H,2-4,16,18-19H2,1H3/b14-9+. The number of rotatable bonds is 12. The predicted molar refractivity (Wildman–Crippen MR) is 137 cm³/mol. The van der Waals surface area contributed by atoms with Crippen LogP contribution in [0.5, 0.6) is 5.75 Å². The zero-order valence-corrected chi connectivity index (χ0v) is 20.9. The maximum Gasteiger partial charge on any atom is 0.416 e. The van der Waals surface area contributed by atoms with Crippen molar-refractivity contribution in [2.24, 2.45) is 0 Å². The van der Waals surface area contributed by atoms with E-state index in [1.54, 1.807) is 25.3 Å². The number of ketones is 1. The molecule has 2 aromatic heterocycles. The summed E-state index contributed by atoms with van der Waals surface area (Å²) in [5.41, 5.74) is 1.73. The number of aryl methyl sites for hydroxylation is 2. The number of aromatic nitrogens is 3. The lowest BCUT2D eigenvalue weighted by molar-refractivity contribution is -0.137. The molecule has 0 aliphatic carbocycles. The van der Waals surface area contributed by atoms with E-state index in [-0.39, 0.29) is 12.4 Å². The van der Waals surface area contributed by atoms with Crippen molar-refractivity contribution >= 4 is 17.9 Å². The van der Waals surface area contributed by atoms with Gasteiger partial charge < -0.3 is 13.7 Å². The van der Waals surface area contributed by atoms with Crippen LogP contribution in [0.15, 0.2) is 71.6 Å². The molecule has 0 N–H and O–H groups in total. The molecular weight excluding hydrogens is 495 g/mol. The second-order valence-electron chi connectivity index (χ2n) is 8.94. The average Bonchev–Trinajstić information content (AvgIpc) is 3.53. The molecule has 4 rings (SSSR count). The van der Waals surface area contributed by atoms with Crippen LogP contribution in [0.25, 0.3) is 12.2 Å². The molecule has 198 valence electrons. The van der Waals surface area contributed by atoms with E-state index in [4.69, 9.17) is 9.15 Å². The molecule has 9 heteroatoms. The van der Waals surface area contributed by atoms with E-state index in [1.807, 2.05) is 35.0 Å². The number of Topliss-reactive ketones (excluding diaryl/α,β-unsaturated/α-hetero) is 1. The summed E-state index contributed by atoms with van der Waals surface area (Å²) in [5, 5.41) is 0. The Bertz CT molecular complexity index is 1350. The zero-order valence-electron chi connectivity index (χ0n) is 20.9. The number of hydrogen-bond donors (Lipinski definition) is 0. The van der Waals surface area contributed by atoms with E-state index in [2.05, 4.69) is 9.97 Å². The van der Waals surface area contributed by atoms with E-state index < -0.39 is 11.7 Å². The molecule has 0 aliphatic rings. The lowest BCUT2D eigenvalue weighted by Gasteiger charge is -2.08. The van der Waals surface area contributed by atoms with Crippen LogP contribution < -0.4 is 4.74 Å². The highest BCUT2D eigenvalue weighted by atomic mass is 19.4. The normalized spacial score (nSPS) is 11.8. The molecule has 6 nitrogen and oxygen atoms in total. The summed E-state index contributed by atoms with van der Waals surface area (Å²) in [6.07, 6.45) is 7.31. The van der Waals surface area contributed by atoms with Gasteiger partial charge in [-0.3, -0.25) is 4.79 Å². The summed E-state index contributed by atoms with van der Waals surface area (Å²) in [5.74, 6) is 1.97. The Morgan fingerprint density at radius 1 is 1.05 bits per heavy atom. The molecule has 0 fully saturated rings. The Hall–Kier alpha value is -4.14. The Balaban J connectivity index is 1.19. The van der Waals surface area contributed by atoms with Crippen molar-refractivity contribution in [2.45, 2.75) is 51.9 Å². The van der Waals surface area contributed by atoms with Crippen LogP contribution in [0.4, 0.5) is 13.2 Å². The minimum Gasteiger partial charge on any atom is -0.487 e. The first-order valence-electron chi connectivity index (χ1n) is 12.3. The number of oxazole rings is 1. The van der Waals surface area contributed by atoms with Gasteiger partial charge in [0.1, 0.15) is 35.9 Å².